The zero-order valence-corrected chi connectivity index (χ0v) is 8.72. The van der Waals surface area contributed by atoms with Crippen molar-refractivity contribution in [2.45, 2.75) is 6.54 Å². The zero-order chi connectivity index (χ0) is 11.2. The van der Waals surface area contributed by atoms with Crippen LogP contribution in [0.2, 0.25) is 0 Å². The Labute approximate surface area is 93.7 Å². The van der Waals surface area contributed by atoms with E-state index in [1.165, 1.54) is 5.56 Å². The zero-order valence-electron chi connectivity index (χ0n) is 8.72. The molecule has 0 aliphatic heterocycles. The minimum Gasteiger partial charge on any atom is -0.380 e. The molecule has 0 spiro atoms. The van der Waals surface area contributed by atoms with Gasteiger partial charge in [0.05, 0.1) is 11.9 Å². The number of aromatic nitrogens is 2. The van der Waals surface area contributed by atoms with E-state index in [2.05, 4.69) is 20.7 Å². The van der Waals surface area contributed by atoms with E-state index in [1.807, 2.05) is 24.3 Å². The van der Waals surface area contributed by atoms with E-state index >= 15 is 0 Å². The standard InChI is InChI=1S/C11H13N5/c12-16-11-2-1-10(8-15-11)14-7-9-3-5-13-6-4-9/h1-6,8,14H,7,12H2,(H,15,16). The van der Waals surface area contributed by atoms with Crippen LogP contribution >= 0.6 is 0 Å². The molecule has 0 aromatic carbocycles. The molecule has 0 saturated heterocycles. The monoisotopic (exact) mass is 215 g/mol. The number of hydrazine groups is 1. The highest BCUT2D eigenvalue weighted by Gasteiger charge is 1.94. The molecule has 2 aromatic rings. The molecule has 0 aliphatic carbocycles. The molecule has 0 saturated carbocycles. The van der Waals surface area contributed by atoms with E-state index in [4.69, 9.17) is 5.84 Å². The van der Waals surface area contributed by atoms with Gasteiger partial charge < -0.3 is 10.7 Å². The van der Waals surface area contributed by atoms with Crippen LogP contribution in [-0.2, 0) is 6.54 Å². The summed E-state index contributed by atoms with van der Waals surface area (Å²) in [5.41, 5.74) is 4.61. The molecule has 5 heteroatoms. The van der Waals surface area contributed by atoms with Gasteiger partial charge in [0.1, 0.15) is 5.82 Å². The summed E-state index contributed by atoms with van der Waals surface area (Å²) in [6, 6.07) is 7.67. The number of nitrogen functional groups attached to an aromatic ring is 1. The Balaban J connectivity index is 1.94. The molecule has 0 radical (unpaired) electrons. The lowest BCUT2D eigenvalue weighted by Crippen LogP contribution is -2.08. The van der Waals surface area contributed by atoms with Crippen LogP contribution in [0.5, 0.6) is 0 Å². The smallest absolute Gasteiger partial charge is 0.140 e. The summed E-state index contributed by atoms with van der Waals surface area (Å²) in [6.45, 7) is 0.750. The number of nitrogens with zero attached hydrogens (tertiary/aromatic N) is 2. The first kappa shape index (κ1) is 10.4. The van der Waals surface area contributed by atoms with Crippen molar-refractivity contribution >= 4 is 11.5 Å². The molecule has 0 unspecified atom stereocenters. The molecule has 5 nitrogen and oxygen atoms in total. The van der Waals surface area contributed by atoms with Crippen molar-refractivity contribution in [2.24, 2.45) is 5.84 Å². The first-order chi connectivity index (χ1) is 7.88. The molecule has 2 heterocycles. The summed E-state index contributed by atoms with van der Waals surface area (Å²) in [5, 5.41) is 3.25. The highest BCUT2D eigenvalue weighted by molar-refractivity contribution is 5.46. The second-order valence-corrected chi connectivity index (χ2v) is 3.29. The number of pyridine rings is 2. The maximum atomic E-state index is 5.23. The van der Waals surface area contributed by atoms with Crippen LogP contribution < -0.4 is 16.6 Å². The SMILES string of the molecule is NNc1ccc(NCc2ccncc2)cn1. The van der Waals surface area contributed by atoms with Crippen molar-refractivity contribution in [2.75, 3.05) is 10.7 Å². The van der Waals surface area contributed by atoms with Crippen LogP contribution in [0.25, 0.3) is 0 Å². The van der Waals surface area contributed by atoms with Gasteiger partial charge in [-0.05, 0) is 29.8 Å². The summed E-state index contributed by atoms with van der Waals surface area (Å²) in [7, 11) is 0. The topological polar surface area (TPSA) is 75.9 Å². The first-order valence-electron chi connectivity index (χ1n) is 4.94. The second-order valence-electron chi connectivity index (χ2n) is 3.29. The third kappa shape index (κ3) is 2.68. The molecule has 82 valence electrons. The van der Waals surface area contributed by atoms with E-state index in [-0.39, 0.29) is 0 Å². The third-order valence-corrected chi connectivity index (χ3v) is 2.16. The largest absolute Gasteiger partial charge is 0.380 e. The van der Waals surface area contributed by atoms with Gasteiger partial charge in [-0.15, -0.1) is 0 Å². The van der Waals surface area contributed by atoms with Crippen LogP contribution in [0.3, 0.4) is 0 Å². The van der Waals surface area contributed by atoms with Gasteiger partial charge in [-0.25, -0.2) is 10.8 Å². The fourth-order valence-corrected chi connectivity index (χ4v) is 1.29. The Hall–Kier alpha value is -2.14. The van der Waals surface area contributed by atoms with Crippen LogP contribution in [0.1, 0.15) is 5.56 Å². The normalized spacial score (nSPS) is 9.81. The van der Waals surface area contributed by atoms with E-state index in [1.54, 1.807) is 18.6 Å². The summed E-state index contributed by atoms with van der Waals surface area (Å²) < 4.78 is 0. The van der Waals surface area contributed by atoms with Gasteiger partial charge in [0.25, 0.3) is 0 Å². The lowest BCUT2D eigenvalue weighted by Gasteiger charge is -2.06. The molecule has 2 aromatic heterocycles. The molecule has 0 amide bonds. The Kier molecular flexibility index (Phi) is 3.30. The number of nitrogens with two attached hydrogens (primary N) is 1. The molecular weight excluding hydrogens is 202 g/mol. The van der Waals surface area contributed by atoms with Crippen molar-refractivity contribution in [3.63, 3.8) is 0 Å². The fourth-order valence-electron chi connectivity index (χ4n) is 1.29. The molecule has 0 atom stereocenters. The van der Waals surface area contributed by atoms with Crippen molar-refractivity contribution in [1.29, 1.82) is 0 Å². The number of anilines is 2. The molecule has 16 heavy (non-hydrogen) atoms. The number of hydrogen-bond acceptors (Lipinski definition) is 5. The van der Waals surface area contributed by atoms with Crippen molar-refractivity contribution in [3.05, 3.63) is 48.4 Å². The van der Waals surface area contributed by atoms with E-state index in [9.17, 15) is 0 Å². The number of nitrogens with one attached hydrogen (secondary N) is 2. The van der Waals surface area contributed by atoms with Crippen LogP contribution in [0.4, 0.5) is 11.5 Å². The Morgan fingerprint density at radius 2 is 1.94 bits per heavy atom. The van der Waals surface area contributed by atoms with Gasteiger partial charge >= 0.3 is 0 Å². The van der Waals surface area contributed by atoms with Crippen molar-refractivity contribution < 1.29 is 0 Å². The van der Waals surface area contributed by atoms with Crippen LogP contribution in [-0.4, -0.2) is 9.97 Å². The minimum absolute atomic E-state index is 0.648. The lowest BCUT2D eigenvalue weighted by molar-refractivity contribution is 1.12. The van der Waals surface area contributed by atoms with E-state index in [0.717, 1.165) is 12.2 Å². The quantitative estimate of drug-likeness (QED) is 0.530. The molecule has 0 bridgehead atoms. The minimum atomic E-state index is 0.648. The van der Waals surface area contributed by atoms with Gasteiger partial charge in [-0.1, -0.05) is 0 Å². The molecule has 2 rings (SSSR count). The molecule has 0 aliphatic rings. The lowest BCUT2D eigenvalue weighted by atomic mass is 10.2. The van der Waals surface area contributed by atoms with Gasteiger partial charge in [0.2, 0.25) is 0 Å². The predicted octanol–water partition coefficient (Wildman–Crippen LogP) is 1.37. The second kappa shape index (κ2) is 5.09. The summed E-state index contributed by atoms with van der Waals surface area (Å²) in [6.07, 6.45) is 5.28. The van der Waals surface area contributed by atoms with Crippen molar-refractivity contribution in [1.82, 2.24) is 9.97 Å². The highest BCUT2D eigenvalue weighted by atomic mass is 15.2. The number of rotatable bonds is 4. The van der Waals surface area contributed by atoms with Crippen molar-refractivity contribution in [3.8, 4) is 0 Å². The molecule has 4 N–H and O–H groups in total. The van der Waals surface area contributed by atoms with Crippen LogP contribution in [0.15, 0.2) is 42.9 Å². The summed E-state index contributed by atoms with van der Waals surface area (Å²) in [4.78, 5) is 8.06. The van der Waals surface area contributed by atoms with Gasteiger partial charge in [-0.3, -0.25) is 4.98 Å². The maximum absolute atomic E-state index is 5.23. The van der Waals surface area contributed by atoms with E-state index in [0.29, 0.717) is 5.82 Å². The van der Waals surface area contributed by atoms with Crippen LogP contribution in [0, 0.1) is 0 Å². The highest BCUT2D eigenvalue weighted by Crippen LogP contribution is 2.09. The Bertz CT molecular complexity index is 426. The maximum Gasteiger partial charge on any atom is 0.140 e. The Morgan fingerprint density at radius 3 is 2.56 bits per heavy atom. The summed E-state index contributed by atoms with van der Waals surface area (Å²) in [5.74, 6) is 5.87. The van der Waals surface area contributed by atoms with Gasteiger partial charge in [0.15, 0.2) is 0 Å². The van der Waals surface area contributed by atoms with E-state index < -0.39 is 0 Å². The first-order valence-corrected chi connectivity index (χ1v) is 4.94. The predicted molar refractivity (Wildman–Crippen MR) is 63.6 cm³/mol. The molecular formula is C11H13N5. The number of hydrogen-bond donors (Lipinski definition) is 3. The molecule has 0 fully saturated rings. The van der Waals surface area contributed by atoms with Gasteiger partial charge in [-0.2, -0.15) is 0 Å². The third-order valence-electron chi connectivity index (χ3n) is 2.16. The van der Waals surface area contributed by atoms with Gasteiger partial charge in [0, 0.05) is 18.9 Å². The average Bonchev–Trinajstić information content (AvgIpc) is 2.38. The summed E-state index contributed by atoms with van der Waals surface area (Å²) >= 11 is 0. The Morgan fingerprint density at radius 1 is 1.12 bits per heavy atom. The average molecular weight is 215 g/mol. The fraction of sp³-hybridized carbons (Fsp3) is 0.0909.